The van der Waals surface area contributed by atoms with E-state index in [1.54, 1.807) is 6.20 Å². The summed E-state index contributed by atoms with van der Waals surface area (Å²) in [6.45, 7) is 13.2. The lowest BCUT2D eigenvalue weighted by atomic mass is 9.78. The lowest BCUT2D eigenvalue weighted by Crippen LogP contribution is -2.14. The molecule has 0 aliphatic rings. The molecule has 0 atom stereocenters. The molecular formula is C14H25N. The van der Waals surface area contributed by atoms with Crippen LogP contribution in [0.5, 0.6) is 0 Å². The summed E-state index contributed by atoms with van der Waals surface area (Å²) >= 11 is 0. The van der Waals surface area contributed by atoms with Gasteiger partial charge in [-0.2, -0.15) is 0 Å². The smallest absolute Gasteiger partial charge is 0.00623 e. The third-order valence-corrected chi connectivity index (χ3v) is 2.43. The molecule has 0 radical (unpaired) electrons. The minimum Gasteiger partial charge on any atom is -0.405 e. The summed E-state index contributed by atoms with van der Waals surface area (Å²) in [5, 5.41) is 0. The van der Waals surface area contributed by atoms with Crippen molar-refractivity contribution in [1.29, 1.82) is 0 Å². The van der Waals surface area contributed by atoms with Gasteiger partial charge < -0.3 is 5.73 Å². The summed E-state index contributed by atoms with van der Waals surface area (Å²) < 4.78 is 0. The fraction of sp³-hybridized carbons (Fsp3) is 0.571. The largest absolute Gasteiger partial charge is 0.405 e. The van der Waals surface area contributed by atoms with Crippen molar-refractivity contribution < 1.29 is 0 Å². The maximum atomic E-state index is 5.39. The van der Waals surface area contributed by atoms with Gasteiger partial charge in [0, 0.05) is 0 Å². The van der Waals surface area contributed by atoms with E-state index in [0.717, 1.165) is 0 Å². The van der Waals surface area contributed by atoms with Gasteiger partial charge in [-0.15, -0.1) is 0 Å². The van der Waals surface area contributed by atoms with Gasteiger partial charge >= 0.3 is 0 Å². The van der Waals surface area contributed by atoms with Crippen LogP contribution in [-0.2, 0) is 0 Å². The zero-order valence-corrected chi connectivity index (χ0v) is 11.0. The fourth-order valence-electron chi connectivity index (χ4n) is 1.73. The van der Waals surface area contributed by atoms with E-state index in [-0.39, 0.29) is 5.41 Å². The average Bonchev–Trinajstić information content (AvgIpc) is 2.09. The Hall–Kier alpha value is -0.980. The molecule has 0 rings (SSSR count). The van der Waals surface area contributed by atoms with Crippen LogP contribution in [0.15, 0.2) is 35.6 Å². The van der Waals surface area contributed by atoms with Crippen LogP contribution in [0.1, 0.15) is 41.5 Å². The van der Waals surface area contributed by atoms with Crippen LogP contribution in [-0.4, -0.2) is 0 Å². The highest BCUT2D eigenvalue weighted by Crippen LogP contribution is 2.34. The summed E-state index contributed by atoms with van der Waals surface area (Å²) in [6, 6.07) is 0. The van der Waals surface area contributed by atoms with Crippen molar-refractivity contribution in [1.82, 2.24) is 0 Å². The summed E-state index contributed by atoms with van der Waals surface area (Å²) in [4.78, 5) is 0. The molecule has 0 aromatic heterocycles. The Kier molecular flexibility index (Phi) is 5.41. The monoisotopic (exact) mass is 207 g/mol. The van der Waals surface area contributed by atoms with E-state index >= 15 is 0 Å². The molecule has 0 aliphatic carbocycles. The highest BCUT2D eigenvalue weighted by atomic mass is 14.5. The van der Waals surface area contributed by atoms with Crippen molar-refractivity contribution in [2.45, 2.75) is 41.5 Å². The standard InChI is InChI=1S/C14H25N/c1-7-12(11(2)3)13(9-8-10-15)14(4,5)6/h7-11H,15H2,1-6H3/b10-8-,12-7-,13-9+. The van der Waals surface area contributed by atoms with E-state index in [1.165, 1.54) is 11.1 Å². The van der Waals surface area contributed by atoms with Crippen LogP contribution in [0.25, 0.3) is 0 Å². The second kappa shape index (κ2) is 5.79. The Morgan fingerprint density at radius 1 is 1.20 bits per heavy atom. The fourth-order valence-corrected chi connectivity index (χ4v) is 1.73. The van der Waals surface area contributed by atoms with Crippen LogP contribution in [0.3, 0.4) is 0 Å². The summed E-state index contributed by atoms with van der Waals surface area (Å²) in [6.07, 6.45) is 7.81. The highest BCUT2D eigenvalue weighted by molar-refractivity contribution is 5.38. The predicted octanol–water partition coefficient (Wildman–Crippen LogP) is 4.03. The molecule has 0 amide bonds. The molecule has 0 saturated carbocycles. The Labute approximate surface area is 94.8 Å². The SMILES string of the molecule is C\C=C(/C(=C\C=C/N)C(C)(C)C)C(C)C. The summed E-state index contributed by atoms with van der Waals surface area (Å²) in [5.41, 5.74) is 8.32. The minimum absolute atomic E-state index is 0.158. The Morgan fingerprint density at radius 2 is 1.73 bits per heavy atom. The van der Waals surface area contributed by atoms with E-state index < -0.39 is 0 Å². The molecule has 0 aromatic carbocycles. The third-order valence-electron chi connectivity index (χ3n) is 2.43. The van der Waals surface area contributed by atoms with Gasteiger partial charge in [-0.25, -0.2) is 0 Å². The second-order valence-corrected chi connectivity index (χ2v) is 5.11. The number of hydrogen-bond acceptors (Lipinski definition) is 1. The highest BCUT2D eigenvalue weighted by Gasteiger charge is 2.21. The molecular weight excluding hydrogens is 182 g/mol. The first-order valence-electron chi connectivity index (χ1n) is 5.60. The van der Waals surface area contributed by atoms with Crippen molar-refractivity contribution in [3.63, 3.8) is 0 Å². The maximum Gasteiger partial charge on any atom is -0.00623 e. The predicted molar refractivity (Wildman–Crippen MR) is 69.5 cm³/mol. The summed E-state index contributed by atoms with van der Waals surface area (Å²) in [7, 11) is 0. The molecule has 0 heterocycles. The Morgan fingerprint density at radius 3 is 2.00 bits per heavy atom. The number of nitrogens with two attached hydrogens (primary N) is 1. The van der Waals surface area contributed by atoms with Gasteiger partial charge in [-0.3, -0.25) is 0 Å². The molecule has 1 heteroatoms. The Bertz CT molecular complexity index is 272. The minimum atomic E-state index is 0.158. The van der Waals surface area contributed by atoms with Crippen molar-refractivity contribution in [3.8, 4) is 0 Å². The molecule has 0 aromatic rings. The number of hydrogen-bond donors (Lipinski definition) is 1. The summed E-state index contributed by atoms with van der Waals surface area (Å²) in [5.74, 6) is 0.548. The second-order valence-electron chi connectivity index (χ2n) is 5.11. The molecule has 0 unspecified atom stereocenters. The first kappa shape index (κ1) is 14.0. The average molecular weight is 207 g/mol. The quantitative estimate of drug-likeness (QED) is 0.695. The normalized spacial score (nSPS) is 15.4. The first-order valence-corrected chi connectivity index (χ1v) is 5.60. The first-order chi connectivity index (χ1) is 6.84. The lowest BCUT2D eigenvalue weighted by molar-refractivity contribution is 0.497. The van der Waals surface area contributed by atoms with Crippen molar-refractivity contribution in [2.75, 3.05) is 0 Å². The maximum absolute atomic E-state index is 5.39. The van der Waals surface area contributed by atoms with Gasteiger partial charge in [-0.05, 0) is 41.7 Å². The van der Waals surface area contributed by atoms with Gasteiger partial charge in [0.25, 0.3) is 0 Å². The molecule has 0 fully saturated rings. The third kappa shape index (κ3) is 4.37. The van der Waals surface area contributed by atoms with Gasteiger partial charge in [0.2, 0.25) is 0 Å². The van der Waals surface area contributed by atoms with Crippen LogP contribution < -0.4 is 5.73 Å². The van der Waals surface area contributed by atoms with E-state index in [9.17, 15) is 0 Å². The van der Waals surface area contributed by atoms with E-state index in [0.29, 0.717) is 5.92 Å². The molecule has 0 aliphatic heterocycles. The molecule has 86 valence electrons. The van der Waals surface area contributed by atoms with Crippen molar-refractivity contribution in [2.24, 2.45) is 17.1 Å². The molecule has 0 saturated heterocycles. The lowest BCUT2D eigenvalue weighted by Gasteiger charge is -2.27. The van der Waals surface area contributed by atoms with Crippen LogP contribution in [0.4, 0.5) is 0 Å². The van der Waals surface area contributed by atoms with E-state index in [2.05, 4.69) is 53.7 Å². The molecule has 15 heavy (non-hydrogen) atoms. The molecule has 1 nitrogen and oxygen atoms in total. The van der Waals surface area contributed by atoms with Crippen LogP contribution >= 0.6 is 0 Å². The molecule has 2 N–H and O–H groups in total. The van der Waals surface area contributed by atoms with Crippen molar-refractivity contribution in [3.05, 3.63) is 35.6 Å². The molecule has 0 bridgehead atoms. The van der Waals surface area contributed by atoms with E-state index in [1.807, 2.05) is 6.08 Å². The van der Waals surface area contributed by atoms with Crippen LogP contribution in [0.2, 0.25) is 0 Å². The zero-order chi connectivity index (χ0) is 12.1. The van der Waals surface area contributed by atoms with Gasteiger partial charge in [-0.1, -0.05) is 46.8 Å². The van der Waals surface area contributed by atoms with Gasteiger partial charge in [0.1, 0.15) is 0 Å². The van der Waals surface area contributed by atoms with Crippen LogP contribution in [0, 0.1) is 11.3 Å². The van der Waals surface area contributed by atoms with E-state index in [4.69, 9.17) is 5.73 Å². The number of rotatable bonds is 3. The van der Waals surface area contributed by atoms with Gasteiger partial charge in [0.15, 0.2) is 0 Å². The topological polar surface area (TPSA) is 26.0 Å². The zero-order valence-electron chi connectivity index (χ0n) is 11.0. The van der Waals surface area contributed by atoms with Crippen molar-refractivity contribution >= 4 is 0 Å². The molecule has 0 spiro atoms. The number of allylic oxidation sites excluding steroid dienone is 5. The van der Waals surface area contributed by atoms with Gasteiger partial charge in [0.05, 0.1) is 0 Å². The Balaban J connectivity index is 5.30.